The monoisotopic (exact) mass is 336 g/mol. The van der Waals surface area contributed by atoms with Gasteiger partial charge < -0.3 is 9.47 Å². The Kier molecular flexibility index (Phi) is 3.67. The first-order valence-electron chi connectivity index (χ1n) is 8.46. The summed E-state index contributed by atoms with van der Waals surface area (Å²) in [6.07, 6.45) is 1.64. The molecule has 4 rings (SSSR count). The summed E-state index contributed by atoms with van der Waals surface area (Å²) in [5, 5.41) is 5.54. The molecule has 25 heavy (non-hydrogen) atoms. The first-order valence-corrected chi connectivity index (χ1v) is 8.46. The highest BCUT2D eigenvalue weighted by atomic mass is 16.2. The molecule has 1 aromatic carbocycles. The predicted octanol–water partition coefficient (Wildman–Crippen LogP) is 2.11. The summed E-state index contributed by atoms with van der Waals surface area (Å²) < 4.78 is 3.51. The maximum Gasteiger partial charge on any atom is 0.275 e. The van der Waals surface area contributed by atoms with E-state index in [0.717, 1.165) is 17.6 Å². The molecule has 0 radical (unpaired) electrons. The summed E-state index contributed by atoms with van der Waals surface area (Å²) in [5.41, 5.74) is 2.12. The SMILES string of the molecule is Cc1ccc2n1CCN(C(=O)Cn1ncc3ccccc3c1=O)[C@@H]2C. The molecule has 0 saturated heterocycles. The Labute approximate surface area is 145 Å². The van der Waals surface area contributed by atoms with Gasteiger partial charge in [-0.05, 0) is 32.0 Å². The standard InChI is InChI=1S/C19H20N4O2/c1-13-7-8-17-14(2)22(10-9-21(13)17)18(24)12-23-19(25)16-6-4-3-5-15(16)11-20-23/h3-8,11,14H,9-10,12H2,1-2H3/t14-/m1/s1. The third-order valence-corrected chi connectivity index (χ3v) is 5.06. The van der Waals surface area contributed by atoms with Gasteiger partial charge in [-0.1, -0.05) is 18.2 Å². The van der Waals surface area contributed by atoms with Gasteiger partial charge in [-0.25, -0.2) is 4.68 Å². The van der Waals surface area contributed by atoms with E-state index in [1.807, 2.05) is 30.0 Å². The van der Waals surface area contributed by atoms with Crippen LogP contribution in [0.5, 0.6) is 0 Å². The summed E-state index contributed by atoms with van der Waals surface area (Å²) in [6.45, 7) is 5.49. The van der Waals surface area contributed by atoms with Gasteiger partial charge in [0.25, 0.3) is 5.56 Å². The van der Waals surface area contributed by atoms with Crippen LogP contribution in [-0.2, 0) is 17.9 Å². The van der Waals surface area contributed by atoms with E-state index >= 15 is 0 Å². The smallest absolute Gasteiger partial charge is 0.275 e. The molecule has 3 heterocycles. The molecule has 0 saturated carbocycles. The molecule has 128 valence electrons. The van der Waals surface area contributed by atoms with E-state index in [-0.39, 0.29) is 24.1 Å². The summed E-state index contributed by atoms with van der Waals surface area (Å²) in [6, 6.07) is 11.4. The maximum atomic E-state index is 12.8. The zero-order valence-electron chi connectivity index (χ0n) is 14.3. The third-order valence-electron chi connectivity index (χ3n) is 5.06. The van der Waals surface area contributed by atoms with Gasteiger partial charge >= 0.3 is 0 Å². The van der Waals surface area contributed by atoms with Crippen molar-refractivity contribution < 1.29 is 4.79 Å². The number of fused-ring (bicyclic) bond motifs is 2. The van der Waals surface area contributed by atoms with E-state index in [2.05, 4.69) is 28.7 Å². The summed E-state index contributed by atoms with van der Waals surface area (Å²) in [5.74, 6) is -0.0810. The molecule has 0 fully saturated rings. The number of benzene rings is 1. The van der Waals surface area contributed by atoms with Crippen molar-refractivity contribution in [2.75, 3.05) is 6.54 Å². The van der Waals surface area contributed by atoms with Gasteiger partial charge in [0.2, 0.25) is 5.91 Å². The second kappa shape index (κ2) is 5.88. The van der Waals surface area contributed by atoms with E-state index < -0.39 is 0 Å². The Morgan fingerprint density at radius 1 is 1.20 bits per heavy atom. The molecule has 1 amide bonds. The fourth-order valence-electron chi connectivity index (χ4n) is 3.62. The largest absolute Gasteiger partial charge is 0.345 e. The van der Waals surface area contributed by atoms with Crippen LogP contribution in [0.25, 0.3) is 10.8 Å². The van der Waals surface area contributed by atoms with Crippen molar-refractivity contribution >= 4 is 16.7 Å². The van der Waals surface area contributed by atoms with Crippen LogP contribution in [0.1, 0.15) is 24.4 Å². The van der Waals surface area contributed by atoms with Crippen molar-refractivity contribution in [3.8, 4) is 0 Å². The number of carbonyl (C=O) groups excluding carboxylic acids is 1. The lowest BCUT2D eigenvalue weighted by atomic mass is 10.1. The molecule has 6 heteroatoms. The molecule has 2 aromatic heterocycles. The highest BCUT2D eigenvalue weighted by Crippen LogP contribution is 2.27. The van der Waals surface area contributed by atoms with Crippen molar-refractivity contribution in [1.82, 2.24) is 19.2 Å². The highest BCUT2D eigenvalue weighted by Gasteiger charge is 2.28. The molecular formula is C19H20N4O2. The molecule has 0 bridgehead atoms. The molecule has 1 aliphatic heterocycles. The van der Waals surface area contributed by atoms with Crippen molar-refractivity contribution in [3.63, 3.8) is 0 Å². The molecule has 3 aromatic rings. The quantitative estimate of drug-likeness (QED) is 0.720. The summed E-state index contributed by atoms with van der Waals surface area (Å²) >= 11 is 0. The Morgan fingerprint density at radius 2 is 2.00 bits per heavy atom. The van der Waals surface area contributed by atoms with Gasteiger partial charge in [-0.2, -0.15) is 5.10 Å². The van der Waals surface area contributed by atoms with E-state index in [4.69, 9.17) is 0 Å². The van der Waals surface area contributed by atoms with Crippen molar-refractivity contribution in [1.29, 1.82) is 0 Å². The minimum atomic E-state index is -0.227. The topological polar surface area (TPSA) is 60.1 Å². The Balaban J connectivity index is 1.61. The molecule has 1 aliphatic rings. The van der Waals surface area contributed by atoms with Gasteiger partial charge in [-0.3, -0.25) is 9.59 Å². The number of hydrogen-bond donors (Lipinski definition) is 0. The second-order valence-corrected chi connectivity index (χ2v) is 6.51. The number of rotatable bonds is 2. The van der Waals surface area contributed by atoms with Crippen molar-refractivity contribution in [2.24, 2.45) is 0 Å². The number of nitrogens with zero attached hydrogens (tertiary/aromatic N) is 4. The second-order valence-electron chi connectivity index (χ2n) is 6.51. The highest BCUT2D eigenvalue weighted by molar-refractivity contribution is 5.81. The normalized spacial score (nSPS) is 16.9. The minimum Gasteiger partial charge on any atom is -0.345 e. The fourth-order valence-corrected chi connectivity index (χ4v) is 3.62. The van der Waals surface area contributed by atoms with Crippen LogP contribution in [0.15, 0.2) is 47.4 Å². The van der Waals surface area contributed by atoms with Gasteiger partial charge in [0.05, 0.1) is 17.6 Å². The van der Waals surface area contributed by atoms with Crippen LogP contribution in [0.4, 0.5) is 0 Å². The van der Waals surface area contributed by atoms with Gasteiger partial charge in [-0.15, -0.1) is 0 Å². The molecular weight excluding hydrogens is 316 g/mol. The van der Waals surface area contributed by atoms with Gasteiger partial charge in [0.15, 0.2) is 0 Å². The predicted molar refractivity (Wildman–Crippen MR) is 95.3 cm³/mol. The number of aromatic nitrogens is 3. The van der Waals surface area contributed by atoms with Gasteiger partial charge in [0.1, 0.15) is 6.54 Å². The molecule has 1 atom stereocenters. The lowest BCUT2D eigenvalue weighted by Gasteiger charge is -2.35. The number of aryl methyl sites for hydroxylation is 1. The first kappa shape index (κ1) is 15.6. The molecule has 0 N–H and O–H groups in total. The Hall–Kier alpha value is -2.89. The van der Waals surface area contributed by atoms with Crippen molar-refractivity contribution in [3.05, 3.63) is 64.3 Å². The van der Waals surface area contributed by atoms with Gasteiger partial charge in [0, 0.05) is 29.9 Å². The van der Waals surface area contributed by atoms with Crippen LogP contribution in [-0.4, -0.2) is 31.7 Å². The molecule has 6 nitrogen and oxygen atoms in total. The minimum absolute atomic E-state index is 0.00823. The Morgan fingerprint density at radius 3 is 2.84 bits per heavy atom. The van der Waals surface area contributed by atoms with Crippen LogP contribution < -0.4 is 5.56 Å². The van der Waals surface area contributed by atoms with E-state index in [1.54, 1.807) is 12.3 Å². The van der Waals surface area contributed by atoms with E-state index in [9.17, 15) is 9.59 Å². The van der Waals surface area contributed by atoms with E-state index in [0.29, 0.717) is 11.9 Å². The van der Waals surface area contributed by atoms with Crippen LogP contribution in [0.2, 0.25) is 0 Å². The summed E-state index contributed by atoms with van der Waals surface area (Å²) in [7, 11) is 0. The number of amides is 1. The summed E-state index contributed by atoms with van der Waals surface area (Å²) in [4.78, 5) is 27.2. The first-order chi connectivity index (χ1) is 12.1. The van der Waals surface area contributed by atoms with Crippen LogP contribution in [0.3, 0.4) is 0 Å². The zero-order chi connectivity index (χ0) is 17.6. The van der Waals surface area contributed by atoms with Crippen LogP contribution >= 0.6 is 0 Å². The average Bonchev–Trinajstić information content (AvgIpc) is 3.00. The average molecular weight is 336 g/mol. The van der Waals surface area contributed by atoms with Crippen LogP contribution in [0, 0.1) is 6.92 Å². The third kappa shape index (κ3) is 2.54. The lowest BCUT2D eigenvalue weighted by molar-refractivity contribution is -0.135. The zero-order valence-corrected chi connectivity index (χ0v) is 14.3. The number of hydrogen-bond acceptors (Lipinski definition) is 3. The number of carbonyl (C=O) groups is 1. The molecule has 0 aliphatic carbocycles. The van der Waals surface area contributed by atoms with E-state index in [1.165, 1.54) is 10.4 Å². The molecule has 0 unspecified atom stereocenters. The Bertz CT molecular complexity index is 1020. The fraction of sp³-hybridized carbons (Fsp3) is 0.316. The molecule has 0 spiro atoms. The van der Waals surface area contributed by atoms with Crippen molar-refractivity contribution in [2.45, 2.75) is 33.0 Å². The maximum absolute atomic E-state index is 12.8. The lowest BCUT2D eigenvalue weighted by Crippen LogP contribution is -2.44.